The van der Waals surface area contributed by atoms with Crippen molar-refractivity contribution in [2.24, 2.45) is 11.8 Å². The molecular weight excluding hydrogens is 427 g/mol. The second-order valence-electron chi connectivity index (χ2n) is 7.19. The van der Waals surface area contributed by atoms with Gasteiger partial charge in [-0.2, -0.15) is 0 Å². The van der Waals surface area contributed by atoms with Gasteiger partial charge in [-0.15, -0.1) is 0 Å². The van der Waals surface area contributed by atoms with Crippen LogP contribution in [0.15, 0.2) is 20.2 Å². The zero-order chi connectivity index (χ0) is 15.3. The molecule has 0 aromatic heterocycles. The van der Waals surface area contributed by atoms with E-state index in [9.17, 15) is 0 Å². The summed E-state index contributed by atoms with van der Waals surface area (Å²) < 4.78 is 8.53. The molecule has 0 amide bonds. The van der Waals surface area contributed by atoms with Crippen LogP contribution in [0.25, 0.3) is 0 Å². The Hall–Kier alpha value is 0.759. The number of fused-ring (bicyclic) bond motifs is 2. The van der Waals surface area contributed by atoms with Gasteiger partial charge in [0.1, 0.15) is 0 Å². The minimum absolute atomic E-state index is 0.756. The van der Waals surface area contributed by atoms with Gasteiger partial charge in [-0.1, -0.05) is 0 Å². The van der Waals surface area contributed by atoms with Gasteiger partial charge < -0.3 is 0 Å². The first-order valence-corrected chi connectivity index (χ1v) is 17.5. The van der Waals surface area contributed by atoms with Crippen LogP contribution in [-0.2, 0) is 0 Å². The third-order valence-corrected chi connectivity index (χ3v) is 24.0. The second-order valence-corrected chi connectivity index (χ2v) is 21.2. The third kappa shape index (κ3) is 4.00. The van der Waals surface area contributed by atoms with Gasteiger partial charge in [0.25, 0.3) is 0 Å². The van der Waals surface area contributed by atoms with Gasteiger partial charge in [-0.25, -0.2) is 0 Å². The number of unbranched alkanes of at least 4 members (excludes halogenated alkanes) is 3. The summed E-state index contributed by atoms with van der Waals surface area (Å²) in [5.74, 6) is 1.59. The predicted molar refractivity (Wildman–Crippen MR) is 102 cm³/mol. The maximum absolute atomic E-state index is 4.05. The molecule has 0 N–H and O–H groups in total. The van der Waals surface area contributed by atoms with E-state index in [1.54, 1.807) is 17.8 Å². The Morgan fingerprint density at radius 2 is 1.38 bits per heavy atom. The third-order valence-electron chi connectivity index (χ3n) is 5.64. The van der Waals surface area contributed by atoms with Gasteiger partial charge in [0.05, 0.1) is 0 Å². The molecule has 120 valence electrons. The molecule has 2 aliphatic rings. The molecule has 2 bridgehead atoms. The molecule has 0 heterocycles. The van der Waals surface area contributed by atoms with Gasteiger partial charge in [0, 0.05) is 0 Å². The SMILES string of the molecule is CCC[CH2][Sn]([CH2]CCC)([CH2]CCC)[C]1=C(Br)C2C=CC1C2. The summed E-state index contributed by atoms with van der Waals surface area (Å²) in [5, 5.41) is 0. The maximum atomic E-state index is 4.05. The molecule has 21 heavy (non-hydrogen) atoms. The molecule has 0 radical (unpaired) electrons. The molecule has 0 fully saturated rings. The fourth-order valence-electron chi connectivity index (χ4n) is 4.45. The monoisotopic (exact) mass is 460 g/mol. The van der Waals surface area contributed by atoms with Crippen molar-refractivity contribution in [3.63, 3.8) is 0 Å². The van der Waals surface area contributed by atoms with Crippen LogP contribution in [0.1, 0.15) is 65.7 Å². The van der Waals surface area contributed by atoms with E-state index >= 15 is 0 Å². The van der Waals surface area contributed by atoms with E-state index in [1.165, 1.54) is 44.9 Å². The van der Waals surface area contributed by atoms with Crippen LogP contribution >= 0.6 is 15.9 Å². The minimum atomic E-state index is -2.16. The molecule has 0 saturated carbocycles. The number of halogens is 1. The van der Waals surface area contributed by atoms with Crippen molar-refractivity contribution >= 4 is 34.3 Å². The van der Waals surface area contributed by atoms with Crippen LogP contribution in [0.3, 0.4) is 0 Å². The summed E-state index contributed by atoms with van der Waals surface area (Å²) in [5.41, 5.74) is 0. The topological polar surface area (TPSA) is 0 Å². The van der Waals surface area contributed by atoms with Crippen molar-refractivity contribution in [2.75, 3.05) is 0 Å². The van der Waals surface area contributed by atoms with E-state index in [4.69, 9.17) is 0 Å². The molecule has 0 aromatic rings. The van der Waals surface area contributed by atoms with Crippen molar-refractivity contribution in [2.45, 2.75) is 79.0 Å². The fraction of sp³-hybridized carbons (Fsp3) is 0.789. The molecule has 2 heteroatoms. The average molecular weight is 460 g/mol. The average Bonchev–Trinajstić information content (AvgIpc) is 3.08. The summed E-state index contributed by atoms with van der Waals surface area (Å²) in [6, 6.07) is 0. The Morgan fingerprint density at radius 1 is 0.905 bits per heavy atom. The quantitative estimate of drug-likeness (QED) is 0.239. The second kappa shape index (κ2) is 8.57. The van der Waals surface area contributed by atoms with E-state index in [2.05, 4.69) is 48.9 Å². The Labute approximate surface area is 144 Å². The van der Waals surface area contributed by atoms with Crippen LogP contribution in [0.2, 0.25) is 13.3 Å². The molecule has 0 saturated heterocycles. The van der Waals surface area contributed by atoms with Crippen LogP contribution in [0, 0.1) is 11.8 Å². The van der Waals surface area contributed by atoms with Crippen molar-refractivity contribution in [1.29, 1.82) is 0 Å². The molecule has 2 atom stereocenters. The summed E-state index contributed by atoms with van der Waals surface area (Å²) in [4.78, 5) is 0. The van der Waals surface area contributed by atoms with Gasteiger partial charge in [-0.05, 0) is 0 Å². The van der Waals surface area contributed by atoms with E-state index < -0.39 is 18.4 Å². The number of allylic oxidation sites excluding steroid dienone is 4. The van der Waals surface area contributed by atoms with Gasteiger partial charge in [-0.3, -0.25) is 0 Å². The first-order chi connectivity index (χ1) is 10.2. The predicted octanol–water partition coefficient (Wildman–Crippen LogP) is 7.23. The van der Waals surface area contributed by atoms with Gasteiger partial charge in [0.15, 0.2) is 0 Å². The Morgan fingerprint density at radius 3 is 1.76 bits per heavy atom. The van der Waals surface area contributed by atoms with Crippen LogP contribution in [-0.4, -0.2) is 18.4 Å². The number of hydrogen-bond donors (Lipinski definition) is 0. The first kappa shape index (κ1) is 18.1. The summed E-state index contributed by atoms with van der Waals surface area (Å²) >= 11 is 1.90. The molecule has 2 unspecified atom stereocenters. The fourth-order valence-corrected chi connectivity index (χ4v) is 26.0. The van der Waals surface area contributed by atoms with E-state index in [1.807, 2.05) is 3.59 Å². The molecule has 2 rings (SSSR count). The van der Waals surface area contributed by atoms with Crippen LogP contribution in [0.4, 0.5) is 0 Å². The van der Waals surface area contributed by atoms with Crippen LogP contribution in [0.5, 0.6) is 0 Å². The zero-order valence-corrected chi connectivity index (χ0v) is 18.7. The van der Waals surface area contributed by atoms with Crippen molar-refractivity contribution in [1.82, 2.24) is 0 Å². The first-order valence-electron chi connectivity index (χ1n) is 9.26. The summed E-state index contributed by atoms with van der Waals surface area (Å²) in [6.45, 7) is 7.13. The number of hydrogen-bond acceptors (Lipinski definition) is 0. The van der Waals surface area contributed by atoms with Crippen molar-refractivity contribution in [3.05, 3.63) is 20.2 Å². The van der Waals surface area contributed by atoms with Gasteiger partial charge in [0.2, 0.25) is 0 Å². The van der Waals surface area contributed by atoms with Crippen molar-refractivity contribution in [3.8, 4) is 0 Å². The normalized spacial score (nSPS) is 24.4. The summed E-state index contributed by atoms with van der Waals surface area (Å²) in [6.07, 6.45) is 15.0. The molecule has 0 nitrogen and oxygen atoms in total. The molecular formula is C19H33BrSn. The Balaban J connectivity index is 2.27. The Bertz CT molecular complexity index is 375. The zero-order valence-electron chi connectivity index (χ0n) is 14.3. The standard InChI is InChI=1S/C7H6Br.3C4H9.Sn/c8-7-4-5-1-2-6(7)3-5;3*1-3-4-2;/h1-2,5-6H,3H2;3*1,3-4H2,2H3;. The Kier molecular flexibility index (Phi) is 7.38. The molecule has 2 aliphatic carbocycles. The number of rotatable bonds is 10. The van der Waals surface area contributed by atoms with E-state index in [0.29, 0.717) is 0 Å². The van der Waals surface area contributed by atoms with Crippen LogP contribution < -0.4 is 0 Å². The summed E-state index contributed by atoms with van der Waals surface area (Å²) in [7, 11) is 0. The van der Waals surface area contributed by atoms with E-state index in [-0.39, 0.29) is 0 Å². The molecule has 0 aliphatic heterocycles. The van der Waals surface area contributed by atoms with Crippen molar-refractivity contribution < 1.29 is 0 Å². The molecule has 0 spiro atoms. The van der Waals surface area contributed by atoms with Gasteiger partial charge >= 0.3 is 145 Å². The molecule has 0 aromatic carbocycles. The van der Waals surface area contributed by atoms with E-state index in [0.717, 1.165) is 11.8 Å².